The molecule has 0 aliphatic rings. The summed E-state index contributed by atoms with van der Waals surface area (Å²) in [6.45, 7) is 6.77. The molecule has 0 amide bonds. The Morgan fingerprint density at radius 1 is 1.05 bits per heavy atom. The first-order valence-corrected chi connectivity index (χ1v) is 8.99. The predicted octanol–water partition coefficient (Wildman–Crippen LogP) is 5.37. The maximum absolute atomic E-state index is 3.70. The van der Waals surface area contributed by atoms with Crippen molar-refractivity contribution >= 4 is 11.3 Å². The minimum Gasteiger partial charge on any atom is -0.307 e. The molecule has 1 aromatic heterocycles. The van der Waals surface area contributed by atoms with E-state index < -0.39 is 0 Å². The number of thiophene rings is 1. The van der Waals surface area contributed by atoms with Crippen molar-refractivity contribution in [2.45, 2.75) is 58.5 Å². The summed E-state index contributed by atoms with van der Waals surface area (Å²) in [5.74, 6) is 0. The van der Waals surface area contributed by atoms with Crippen LogP contribution in [0.25, 0.3) is 0 Å². The summed E-state index contributed by atoms with van der Waals surface area (Å²) in [6, 6.07) is 12.2. The van der Waals surface area contributed by atoms with Crippen LogP contribution in [0.15, 0.2) is 41.1 Å². The molecule has 21 heavy (non-hydrogen) atoms. The molecule has 2 aromatic rings. The Morgan fingerprint density at radius 3 is 2.43 bits per heavy atom. The topological polar surface area (TPSA) is 12.0 Å². The van der Waals surface area contributed by atoms with Crippen molar-refractivity contribution in [3.8, 4) is 0 Å². The highest BCUT2D eigenvalue weighted by molar-refractivity contribution is 7.07. The number of aryl methyl sites for hydroxylation is 1. The lowest BCUT2D eigenvalue weighted by Crippen LogP contribution is -2.30. The normalized spacial score (nSPS) is 14.0. The van der Waals surface area contributed by atoms with Crippen molar-refractivity contribution in [1.82, 2.24) is 5.32 Å². The zero-order valence-corrected chi connectivity index (χ0v) is 14.2. The van der Waals surface area contributed by atoms with Crippen LogP contribution in [-0.4, -0.2) is 6.04 Å². The number of benzene rings is 1. The van der Waals surface area contributed by atoms with Crippen LogP contribution in [0.5, 0.6) is 0 Å². The third kappa shape index (κ3) is 5.29. The fourth-order valence-electron chi connectivity index (χ4n) is 2.70. The lowest BCUT2D eigenvalue weighted by atomic mass is 10.0. The molecule has 1 heterocycles. The van der Waals surface area contributed by atoms with E-state index in [0.717, 1.165) is 6.42 Å². The number of rotatable bonds is 8. The molecule has 0 aliphatic heterocycles. The molecule has 1 N–H and O–H groups in total. The van der Waals surface area contributed by atoms with Gasteiger partial charge in [-0.2, -0.15) is 11.3 Å². The first kappa shape index (κ1) is 16.3. The van der Waals surface area contributed by atoms with Crippen LogP contribution in [0.4, 0.5) is 0 Å². The second-order valence-electron chi connectivity index (χ2n) is 5.97. The lowest BCUT2D eigenvalue weighted by molar-refractivity contribution is 0.477. The van der Waals surface area contributed by atoms with Gasteiger partial charge in [0.2, 0.25) is 0 Å². The van der Waals surface area contributed by atoms with Crippen LogP contribution < -0.4 is 5.32 Å². The standard InChI is InChI=1S/C19H27NS/c1-4-5-6-17-7-9-19(10-8-17)16(3)20-15(2)13-18-11-12-21-14-18/h7-12,14-16,20H,4-6,13H2,1-3H3. The fourth-order valence-corrected chi connectivity index (χ4v) is 3.38. The van der Waals surface area contributed by atoms with Gasteiger partial charge in [0.25, 0.3) is 0 Å². The van der Waals surface area contributed by atoms with E-state index >= 15 is 0 Å². The Kier molecular flexibility index (Phi) is 6.47. The molecule has 0 fully saturated rings. The SMILES string of the molecule is CCCCc1ccc(C(C)NC(C)Cc2ccsc2)cc1. The molecule has 0 saturated carbocycles. The molecule has 2 rings (SSSR count). The van der Waals surface area contributed by atoms with Crippen LogP contribution in [-0.2, 0) is 12.8 Å². The maximum Gasteiger partial charge on any atom is 0.0294 e. The van der Waals surface area contributed by atoms with E-state index in [9.17, 15) is 0 Å². The van der Waals surface area contributed by atoms with E-state index in [0.29, 0.717) is 12.1 Å². The van der Waals surface area contributed by atoms with Crippen LogP contribution in [0.2, 0.25) is 0 Å². The highest BCUT2D eigenvalue weighted by Gasteiger charge is 2.10. The molecule has 1 aromatic carbocycles. The van der Waals surface area contributed by atoms with Gasteiger partial charge in [0.15, 0.2) is 0 Å². The van der Waals surface area contributed by atoms with Gasteiger partial charge in [-0.1, -0.05) is 37.6 Å². The minimum atomic E-state index is 0.402. The molecule has 0 bridgehead atoms. The summed E-state index contributed by atoms with van der Waals surface area (Å²) in [7, 11) is 0. The van der Waals surface area contributed by atoms with Gasteiger partial charge in [0, 0.05) is 12.1 Å². The average Bonchev–Trinajstić information content (AvgIpc) is 2.98. The predicted molar refractivity (Wildman–Crippen MR) is 94.1 cm³/mol. The summed E-state index contributed by atoms with van der Waals surface area (Å²) < 4.78 is 0. The summed E-state index contributed by atoms with van der Waals surface area (Å²) in [5, 5.41) is 8.10. The Morgan fingerprint density at radius 2 is 1.81 bits per heavy atom. The van der Waals surface area contributed by atoms with E-state index in [2.05, 4.69) is 67.2 Å². The van der Waals surface area contributed by atoms with Gasteiger partial charge in [-0.25, -0.2) is 0 Å². The Hall–Kier alpha value is -1.12. The first-order chi connectivity index (χ1) is 10.2. The highest BCUT2D eigenvalue weighted by atomic mass is 32.1. The number of hydrogen-bond donors (Lipinski definition) is 1. The van der Waals surface area contributed by atoms with Crippen molar-refractivity contribution in [3.63, 3.8) is 0 Å². The molecule has 114 valence electrons. The lowest BCUT2D eigenvalue weighted by Gasteiger charge is -2.20. The van der Waals surface area contributed by atoms with Gasteiger partial charge >= 0.3 is 0 Å². The Labute approximate surface area is 133 Å². The van der Waals surface area contributed by atoms with E-state index in [4.69, 9.17) is 0 Å². The molecular weight excluding hydrogens is 274 g/mol. The molecular formula is C19H27NS. The van der Waals surface area contributed by atoms with Crippen molar-refractivity contribution in [2.75, 3.05) is 0 Å². The minimum absolute atomic E-state index is 0.402. The molecule has 0 spiro atoms. The van der Waals surface area contributed by atoms with Crippen molar-refractivity contribution in [3.05, 3.63) is 57.8 Å². The van der Waals surface area contributed by atoms with Crippen LogP contribution in [0.3, 0.4) is 0 Å². The van der Waals surface area contributed by atoms with E-state index in [-0.39, 0.29) is 0 Å². The molecule has 2 heteroatoms. The van der Waals surface area contributed by atoms with Gasteiger partial charge in [-0.15, -0.1) is 0 Å². The van der Waals surface area contributed by atoms with Crippen LogP contribution in [0, 0.1) is 0 Å². The molecule has 0 radical (unpaired) electrons. The molecule has 0 aliphatic carbocycles. The van der Waals surface area contributed by atoms with Gasteiger partial charge in [-0.3, -0.25) is 0 Å². The average molecular weight is 301 g/mol. The fraction of sp³-hybridized carbons (Fsp3) is 0.474. The molecule has 0 saturated heterocycles. The second-order valence-corrected chi connectivity index (χ2v) is 6.75. The summed E-state index contributed by atoms with van der Waals surface area (Å²) in [5.41, 5.74) is 4.27. The maximum atomic E-state index is 3.70. The van der Waals surface area contributed by atoms with E-state index in [1.807, 2.05) is 0 Å². The Balaban J connectivity index is 1.85. The third-order valence-electron chi connectivity index (χ3n) is 3.96. The van der Waals surface area contributed by atoms with Gasteiger partial charge in [-0.05, 0) is 66.6 Å². The smallest absolute Gasteiger partial charge is 0.0294 e. The quantitative estimate of drug-likeness (QED) is 0.691. The van der Waals surface area contributed by atoms with Crippen molar-refractivity contribution < 1.29 is 0 Å². The third-order valence-corrected chi connectivity index (χ3v) is 4.69. The summed E-state index contributed by atoms with van der Waals surface area (Å²) >= 11 is 1.78. The second kappa shape index (κ2) is 8.35. The molecule has 2 atom stereocenters. The van der Waals surface area contributed by atoms with Crippen LogP contribution >= 0.6 is 11.3 Å². The zero-order valence-electron chi connectivity index (χ0n) is 13.4. The largest absolute Gasteiger partial charge is 0.307 e. The Bertz CT molecular complexity index is 501. The monoisotopic (exact) mass is 301 g/mol. The highest BCUT2D eigenvalue weighted by Crippen LogP contribution is 2.17. The summed E-state index contributed by atoms with van der Waals surface area (Å²) in [4.78, 5) is 0. The zero-order chi connectivity index (χ0) is 15.1. The van der Waals surface area contributed by atoms with E-state index in [1.165, 1.54) is 36.0 Å². The van der Waals surface area contributed by atoms with Gasteiger partial charge < -0.3 is 5.32 Å². The van der Waals surface area contributed by atoms with Crippen LogP contribution in [0.1, 0.15) is 56.3 Å². The van der Waals surface area contributed by atoms with Gasteiger partial charge in [0.05, 0.1) is 0 Å². The van der Waals surface area contributed by atoms with E-state index in [1.54, 1.807) is 11.3 Å². The number of nitrogens with one attached hydrogen (secondary N) is 1. The first-order valence-electron chi connectivity index (χ1n) is 8.05. The molecule has 1 nitrogen and oxygen atoms in total. The van der Waals surface area contributed by atoms with Crippen molar-refractivity contribution in [2.24, 2.45) is 0 Å². The molecule has 2 unspecified atom stereocenters. The van der Waals surface area contributed by atoms with Gasteiger partial charge in [0.1, 0.15) is 0 Å². The number of unbranched alkanes of at least 4 members (excludes halogenated alkanes) is 1. The number of hydrogen-bond acceptors (Lipinski definition) is 2. The van der Waals surface area contributed by atoms with Crippen molar-refractivity contribution in [1.29, 1.82) is 0 Å². The summed E-state index contributed by atoms with van der Waals surface area (Å²) in [6.07, 6.45) is 4.85.